The van der Waals surface area contributed by atoms with Gasteiger partial charge in [0.25, 0.3) is 0 Å². The third-order valence-corrected chi connectivity index (χ3v) is 4.06. The van der Waals surface area contributed by atoms with Crippen molar-refractivity contribution in [1.29, 1.82) is 0 Å². The van der Waals surface area contributed by atoms with Crippen molar-refractivity contribution >= 4 is 25.9 Å². The van der Waals surface area contributed by atoms with Crippen molar-refractivity contribution in [3.05, 3.63) is 0 Å². The van der Waals surface area contributed by atoms with E-state index in [1.807, 2.05) is 0 Å². The van der Waals surface area contributed by atoms with Crippen molar-refractivity contribution in [2.75, 3.05) is 40.1 Å². The van der Waals surface area contributed by atoms with E-state index < -0.39 is 32.7 Å². The number of hydroxylamine groups is 2. The smallest absolute Gasteiger partial charge is 0.332 e. The van der Waals surface area contributed by atoms with E-state index in [2.05, 4.69) is 9.47 Å². The first-order chi connectivity index (χ1) is 9.86. The van der Waals surface area contributed by atoms with Gasteiger partial charge < -0.3 is 9.47 Å². The summed E-state index contributed by atoms with van der Waals surface area (Å²) in [6, 6.07) is 0. The van der Waals surface area contributed by atoms with Crippen LogP contribution in [0.4, 0.5) is 0 Å². The summed E-state index contributed by atoms with van der Waals surface area (Å²) in [6.07, 6.45) is 0.0241. The SMILES string of the molecule is COC(=O)COP(=O)(CCCN(O)C=O)OCC(=O)OC. The van der Waals surface area contributed by atoms with Gasteiger partial charge in [0.15, 0.2) is 13.2 Å². The highest BCUT2D eigenvalue weighted by molar-refractivity contribution is 7.53. The minimum atomic E-state index is -3.78. The molecule has 0 rings (SSSR count). The monoisotopic (exact) mass is 327 g/mol. The number of rotatable bonds is 11. The molecule has 1 N–H and O–H groups in total. The lowest BCUT2D eigenvalue weighted by Crippen LogP contribution is -2.20. The summed E-state index contributed by atoms with van der Waals surface area (Å²) in [5, 5.41) is 9.26. The molecule has 0 bridgehead atoms. The lowest BCUT2D eigenvalue weighted by atomic mass is 10.5. The standard InChI is InChI=1S/C10H18NO9P/c1-17-9(13)6-19-21(16,20-7-10(14)18-2)5-3-4-11(15)8-12/h8,15H,3-7H2,1-2H3. The summed E-state index contributed by atoms with van der Waals surface area (Å²) < 4.78 is 30.6. The van der Waals surface area contributed by atoms with Crippen molar-refractivity contribution in [1.82, 2.24) is 5.06 Å². The Hall–Kier alpha value is -1.48. The molecule has 0 saturated heterocycles. The molecule has 0 aliphatic heterocycles. The highest BCUT2D eigenvalue weighted by Crippen LogP contribution is 2.48. The molecule has 10 nitrogen and oxygen atoms in total. The highest BCUT2D eigenvalue weighted by atomic mass is 31.2. The topological polar surface area (TPSA) is 129 Å². The number of esters is 2. The molecule has 1 amide bonds. The Kier molecular flexibility index (Phi) is 9.55. The van der Waals surface area contributed by atoms with Gasteiger partial charge >= 0.3 is 19.5 Å². The molecule has 0 spiro atoms. The molecule has 0 radical (unpaired) electrons. The van der Waals surface area contributed by atoms with E-state index in [1.165, 1.54) is 0 Å². The van der Waals surface area contributed by atoms with Crippen LogP contribution in [0.1, 0.15) is 6.42 Å². The van der Waals surface area contributed by atoms with Crippen LogP contribution in [0, 0.1) is 0 Å². The molecule has 21 heavy (non-hydrogen) atoms. The first-order valence-electron chi connectivity index (χ1n) is 5.79. The summed E-state index contributed by atoms with van der Waals surface area (Å²) in [5.74, 6) is -1.54. The van der Waals surface area contributed by atoms with E-state index in [4.69, 9.17) is 14.3 Å². The predicted octanol–water partition coefficient (Wildman–Crippen LogP) is -0.204. The molecular weight excluding hydrogens is 309 g/mol. The van der Waals surface area contributed by atoms with E-state index in [0.717, 1.165) is 14.2 Å². The maximum absolute atomic E-state index is 12.3. The Morgan fingerprint density at radius 2 is 1.62 bits per heavy atom. The number of methoxy groups -OCH3 is 2. The van der Waals surface area contributed by atoms with Crippen molar-refractivity contribution in [2.24, 2.45) is 0 Å². The quantitative estimate of drug-likeness (QED) is 0.180. The van der Waals surface area contributed by atoms with Crippen LogP contribution < -0.4 is 0 Å². The van der Waals surface area contributed by atoms with Crippen LogP contribution in [0.25, 0.3) is 0 Å². The largest absolute Gasteiger partial charge is 0.467 e. The summed E-state index contributed by atoms with van der Waals surface area (Å²) in [7, 11) is -1.53. The number of carbonyl (C=O) groups excluding carboxylic acids is 3. The molecule has 0 aliphatic rings. The Balaban J connectivity index is 4.50. The molecular formula is C10H18NO9P. The van der Waals surface area contributed by atoms with Crippen LogP contribution in [0.5, 0.6) is 0 Å². The number of ether oxygens (including phenoxy) is 2. The number of carbonyl (C=O) groups is 3. The number of nitrogens with zero attached hydrogens (tertiary/aromatic N) is 1. The summed E-state index contributed by atoms with van der Waals surface area (Å²) in [4.78, 5) is 32.1. The second-order valence-corrected chi connectivity index (χ2v) is 5.84. The third-order valence-electron chi connectivity index (χ3n) is 2.15. The van der Waals surface area contributed by atoms with E-state index in [1.54, 1.807) is 0 Å². The van der Waals surface area contributed by atoms with Gasteiger partial charge in [-0.3, -0.25) is 23.6 Å². The first kappa shape index (κ1) is 19.5. The average Bonchev–Trinajstić information content (AvgIpc) is 2.50. The van der Waals surface area contributed by atoms with Crippen molar-refractivity contribution < 1.29 is 42.7 Å². The first-order valence-corrected chi connectivity index (χ1v) is 7.52. The maximum Gasteiger partial charge on any atom is 0.332 e. The molecule has 0 heterocycles. The van der Waals surface area contributed by atoms with E-state index >= 15 is 0 Å². The lowest BCUT2D eigenvalue weighted by Gasteiger charge is -2.18. The Bertz CT molecular complexity index is 376. The van der Waals surface area contributed by atoms with Crippen LogP contribution in [0.2, 0.25) is 0 Å². The summed E-state index contributed by atoms with van der Waals surface area (Å²) in [5.41, 5.74) is 0. The molecule has 0 fully saturated rings. The fraction of sp³-hybridized carbons (Fsp3) is 0.700. The van der Waals surface area contributed by atoms with Crippen LogP contribution >= 0.6 is 7.60 Å². The fourth-order valence-corrected chi connectivity index (χ4v) is 2.53. The van der Waals surface area contributed by atoms with Crippen LogP contribution in [0.15, 0.2) is 0 Å². The molecule has 0 aromatic heterocycles. The molecule has 0 atom stereocenters. The van der Waals surface area contributed by atoms with Crippen LogP contribution in [-0.2, 0) is 37.5 Å². The highest BCUT2D eigenvalue weighted by Gasteiger charge is 2.27. The molecule has 122 valence electrons. The summed E-state index contributed by atoms with van der Waals surface area (Å²) in [6.45, 7) is -1.35. The number of amides is 1. The normalized spacial score (nSPS) is 10.8. The predicted molar refractivity (Wildman–Crippen MR) is 67.6 cm³/mol. The zero-order chi connectivity index (χ0) is 16.3. The van der Waals surface area contributed by atoms with Gasteiger partial charge in [0.2, 0.25) is 6.41 Å². The van der Waals surface area contributed by atoms with Gasteiger partial charge in [-0.05, 0) is 6.42 Å². The van der Waals surface area contributed by atoms with Crippen molar-refractivity contribution in [3.8, 4) is 0 Å². The second kappa shape index (κ2) is 10.3. The number of hydrogen-bond acceptors (Lipinski definition) is 9. The molecule has 0 aromatic carbocycles. The zero-order valence-electron chi connectivity index (χ0n) is 11.7. The number of hydrogen-bond donors (Lipinski definition) is 1. The van der Waals surface area contributed by atoms with Gasteiger partial charge in [0.1, 0.15) is 0 Å². The van der Waals surface area contributed by atoms with Gasteiger partial charge in [-0.15, -0.1) is 0 Å². The fourth-order valence-electron chi connectivity index (χ4n) is 1.07. The summed E-state index contributed by atoms with van der Waals surface area (Å²) >= 11 is 0. The van der Waals surface area contributed by atoms with Crippen LogP contribution in [-0.4, -0.2) is 68.8 Å². The van der Waals surface area contributed by atoms with Gasteiger partial charge in [-0.2, -0.15) is 0 Å². The van der Waals surface area contributed by atoms with Gasteiger partial charge in [-0.1, -0.05) is 0 Å². The second-order valence-electron chi connectivity index (χ2n) is 3.66. The van der Waals surface area contributed by atoms with Crippen molar-refractivity contribution in [2.45, 2.75) is 6.42 Å². The van der Waals surface area contributed by atoms with Gasteiger partial charge in [0.05, 0.1) is 20.4 Å². The average molecular weight is 327 g/mol. The molecule has 0 saturated carbocycles. The van der Waals surface area contributed by atoms with Gasteiger partial charge in [0, 0.05) is 6.54 Å². The van der Waals surface area contributed by atoms with Crippen molar-refractivity contribution in [3.63, 3.8) is 0 Å². The molecule has 11 heteroatoms. The Labute approximate surface area is 121 Å². The van der Waals surface area contributed by atoms with E-state index in [-0.39, 0.29) is 25.5 Å². The Morgan fingerprint density at radius 1 is 1.14 bits per heavy atom. The molecule has 0 aliphatic carbocycles. The molecule has 0 unspecified atom stereocenters. The van der Waals surface area contributed by atoms with E-state index in [0.29, 0.717) is 5.06 Å². The minimum absolute atomic E-state index is 0.0643. The minimum Gasteiger partial charge on any atom is -0.467 e. The third kappa shape index (κ3) is 9.14. The lowest BCUT2D eigenvalue weighted by molar-refractivity contribution is -0.149. The van der Waals surface area contributed by atoms with E-state index in [9.17, 15) is 18.9 Å². The Morgan fingerprint density at radius 3 is 2.00 bits per heavy atom. The maximum atomic E-state index is 12.3. The van der Waals surface area contributed by atoms with Crippen LogP contribution in [0.3, 0.4) is 0 Å². The molecule has 0 aromatic rings. The zero-order valence-corrected chi connectivity index (χ0v) is 12.6. The van der Waals surface area contributed by atoms with Gasteiger partial charge in [-0.25, -0.2) is 14.7 Å².